The minimum atomic E-state index is -0.115. The first-order valence-corrected chi connectivity index (χ1v) is 27.6. The zero-order valence-electron chi connectivity index (χ0n) is 41.2. The van der Waals surface area contributed by atoms with Crippen LogP contribution in [0.3, 0.4) is 0 Å². The van der Waals surface area contributed by atoms with Crippen LogP contribution in [0, 0.1) is 23.7 Å². The molecular formula is C65H63N3O. The van der Waals surface area contributed by atoms with Gasteiger partial charge in [-0.1, -0.05) is 52.0 Å². The van der Waals surface area contributed by atoms with Crippen molar-refractivity contribution >= 4 is 82.0 Å². The van der Waals surface area contributed by atoms with Gasteiger partial charge in [-0.3, -0.25) is 9.78 Å². The SMILES string of the molecule is CCC(CC)(CC)c1cc2c3cc4c(cc3n3c5cnc6c(c5c(c1)c23)C1(C)CCC6(C)c2ccccc21)c1cc(C23CC5CC(CC(C5)C2)C3)cc2c3cc5c(cc3n4c21)C(=O)C1CCC5CC1. The van der Waals surface area contributed by atoms with E-state index in [1.54, 1.807) is 5.56 Å². The van der Waals surface area contributed by atoms with Gasteiger partial charge in [0.15, 0.2) is 5.78 Å². The number of rotatable bonds is 5. The molecule has 4 nitrogen and oxygen atoms in total. The molecule has 10 aliphatic rings. The number of nitrogens with zero attached hydrogens (tertiary/aromatic N) is 3. The van der Waals surface area contributed by atoms with E-state index in [0.29, 0.717) is 11.7 Å². The molecule has 2 atom stereocenters. The highest BCUT2D eigenvalue weighted by Crippen LogP contribution is 2.63. The average molecular weight is 902 g/mol. The highest BCUT2D eigenvalue weighted by Gasteiger charge is 2.54. The minimum Gasteiger partial charge on any atom is -0.308 e. The van der Waals surface area contributed by atoms with E-state index < -0.39 is 0 Å². The maximum Gasteiger partial charge on any atom is 0.166 e. The Morgan fingerprint density at radius 2 is 1.14 bits per heavy atom. The molecule has 10 aliphatic carbocycles. The van der Waals surface area contributed by atoms with E-state index >= 15 is 0 Å². The van der Waals surface area contributed by atoms with Gasteiger partial charge in [0.2, 0.25) is 0 Å². The van der Waals surface area contributed by atoms with Crippen LogP contribution >= 0.6 is 0 Å². The molecule has 5 saturated carbocycles. The third-order valence-corrected chi connectivity index (χ3v) is 22.5. The molecule has 0 N–H and O–H groups in total. The summed E-state index contributed by atoms with van der Waals surface area (Å²) in [5.74, 6) is 3.70. The monoisotopic (exact) mass is 901 g/mol. The Labute approximate surface area is 404 Å². The normalized spacial score (nSPS) is 30.2. The summed E-state index contributed by atoms with van der Waals surface area (Å²) >= 11 is 0. The number of fused-ring (bicyclic) bond motifs is 15. The van der Waals surface area contributed by atoms with Crippen LogP contribution in [0.4, 0.5) is 0 Å². The predicted molar refractivity (Wildman–Crippen MR) is 284 cm³/mol. The molecule has 344 valence electrons. The standard InChI is InChI=1S/C65H63N3O/c1-6-64(7-2,8-3)39-22-47-44-27-52-43(28-53(44)68-55-33-66-61-57(56(55)49(25-39)59(47)68)62(4)17-18-63(61,5)51-12-10-9-11-50(51)62)46-24-40(65-30-34-19-35(31-65)21-36(20-34)32-65)23-45-42-26-41-37-13-15-38(16-14-37)60(69)48(41)29-54(42)67(52)58(45)46/h9-12,22-29,33-38H,6-8,13-21,30-32H2,1-5H3. The predicted octanol–water partition coefficient (Wildman–Crippen LogP) is 16.5. The number of hydrogen-bond donors (Lipinski definition) is 0. The van der Waals surface area contributed by atoms with Gasteiger partial charge in [0.1, 0.15) is 0 Å². The lowest BCUT2D eigenvalue weighted by molar-refractivity contribution is -0.00508. The summed E-state index contributed by atoms with van der Waals surface area (Å²) in [7, 11) is 0. The fraction of sp³-hybridized carbons (Fsp3) is 0.446. The van der Waals surface area contributed by atoms with Crippen LogP contribution in [-0.2, 0) is 21.7 Å². The molecule has 2 unspecified atom stereocenters. The Morgan fingerprint density at radius 3 is 1.80 bits per heavy atom. The zero-order valence-corrected chi connectivity index (χ0v) is 41.2. The van der Waals surface area contributed by atoms with Crippen LogP contribution in [0.5, 0.6) is 0 Å². The van der Waals surface area contributed by atoms with Crippen molar-refractivity contribution in [1.82, 2.24) is 13.8 Å². The van der Waals surface area contributed by atoms with Crippen molar-refractivity contribution < 1.29 is 4.79 Å². The van der Waals surface area contributed by atoms with E-state index in [1.807, 2.05) is 0 Å². The van der Waals surface area contributed by atoms with Crippen molar-refractivity contribution in [3.63, 3.8) is 0 Å². The zero-order chi connectivity index (χ0) is 45.8. The molecule has 5 aromatic carbocycles. The second-order valence-electron chi connectivity index (χ2n) is 25.3. The van der Waals surface area contributed by atoms with Gasteiger partial charge in [0, 0.05) is 65.4 Å². The molecule has 0 spiro atoms. The van der Waals surface area contributed by atoms with Crippen molar-refractivity contribution in [3.8, 4) is 0 Å². The fourth-order valence-corrected chi connectivity index (χ4v) is 19.2. The summed E-state index contributed by atoms with van der Waals surface area (Å²) in [4.78, 5) is 20.1. The Kier molecular flexibility index (Phi) is 7.12. The van der Waals surface area contributed by atoms with Gasteiger partial charge >= 0.3 is 0 Å². The largest absolute Gasteiger partial charge is 0.308 e. The number of carbonyl (C=O) groups is 1. The number of hydrogen-bond acceptors (Lipinski definition) is 2. The number of Topliss-reactive ketones (excluding diaryl/α,β-unsaturated/α-hetero) is 1. The van der Waals surface area contributed by atoms with Gasteiger partial charge in [0.05, 0.1) is 45.0 Å². The molecule has 69 heavy (non-hydrogen) atoms. The lowest BCUT2D eigenvalue weighted by Gasteiger charge is -2.57. The van der Waals surface area contributed by atoms with Gasteiger partial charge in [-0.25, -0.2) is 0 Å². The van der Waals surface area contributed by atoms with E-state index in [0.717, 1.165) is 81.1 Å². The highest BCUT2D eigenvalue weighted by molar-refractivity contribution is 6.30. The minimum absolute atomic E-state index is 0.0869. The van der Waals surface area contributed by atoms with Crippen molar-refractivity contribution in [3.05, 3.63) is 124 Å². The Hall–Kier alpha value is -5.48. The van der Waals surface area contributed by atoms with Gasteiger partial charge in [0.25, 0.3) is 0 Å². The molecule has 0 saturated heterocycles. The van der Waals surface area contributed by atoms with Crippen LogP contribution in [0.2, 0.25) is 0 Å². The lowest BCUT2D eigenvalue weighted by atomic mass is 9.48. The van der Waals surface area contributed by atoms with Gasteiger partial charge in [-0.2, -0.15) is 0 Å². The van der Waals surface area contributed by atoms with Crippen molar-refractivity contribution in [1.29, 1.82) is 0 Å². The van der Waals surface area contributed by atoms with Crippen LogP contribution in [0.25, 0.3) is 76.2 Å². The van der Waals surface area contributed by atoms with Crippen molar-refractivity contribution in [2.24, 2.45) is 23.7 Å². The second kappa shape index (κ2) is 12.5. The fourth-order valence-electron chi connectivity index (χ4n) is 19.2. The number of aromatic nitrogens is 3. The molecule has 8 bridgehead atoms. The van der Waals surface area contributed by atoms with Gasteiger partial charge < -0.3 is 8.80 Å². The summed E-state index contributed by atoms with van der Waals surface area (Å²) in [6.07, 6.45) is 20.7. The first-order valence-electron chi connectivity index (χ1n) is 27.6. The molecule has 5 heterocycles. The highest BCUT2D eigenvalue weighted by atomic mass is 16.1. The maximum absolute atomic E-state index is 14.5. The van der Waals surface area contributed by atoms with E-state index in [-0.39, 0.29) is 27.6 Å². The molecule has 20 rings (SSSR count). The van der Waals surface area contributed by atoms with Gasteiger partial charge in [-0.15, -0.1) is 0 Å². The smallest absolute Gasteiger partial charge is 0.166 e. The molecule has 0 radical (unpaired) electrons. The van der Waals surface area contributed by atoms with E-state index in [2.05, 4.69) is 122 Å². The molecular weight excluding hydrogens is 839 g/mol. The van der Waals surface area contributed by atoms with Crippen molar-refractivity contribution in [2.75, 3.05) is 0 Å². The summed E-state index contributed by atoms with van der Waals surface area (Å²) in [6, 6.07) is 30.2. The first kappa shape index (κ1) is 39.3. The maximum atomic E-state index is 14.5. The third-order valence-electron chi connectivity index (χ3n) is 22.5. The Balaban J connectivity index is 1.03. The summed E-state index contributed by atoms with van der Waals surface area (Å²) < 4.78 is 5.30. The van der Waals surface area contributed by atoms with E-state index in [9.17, 15) is 4.79 Å². The molecule has 5 aromatic heterocycles. The lowest BCUT2D eigenvalue weighted by Crippen LogP contribution is -2.48. The molecule has 0 aliphatic heterocycles. The summed E-state index contributed by atoms with van der Waals surface area (Å²) in [6.45, 7) is 12.3. The molecule has 10 aromatic rings. The Bertz CT molecular complexity index is 3930. The Morgan fingerprint density at radius 1 is 0.609 bits per heavy atom. The number of carbonyl (C=O) groups excluding carboxylic acids is 1. The van der Waals surface area contributed by atoms with Crippen LogP contribution in [-0.4, -0.2) is 19.6 Å². The van der Waals surface area contributed by atoms with Crippen molar-refractivity contribution in [2.45, 2.75) is 159 Å². The average Bonchev–Trinajstić information content (AvgIpc) is 4.05. The second-order valence-corrected chi connectivity index (χ2v) is 25.3. The molecule has 4 heteroatoms. The van der Waals surface area contributed by atoms with E-state index in [1.165, 1.54) is 148 Å². The summed E-state index contributed by atoms with van der Waals surface area (Å²) in [5.41, 5.74) is 19.2. The first-order chi connectivity index (χ1) is 33.6. The molecule has 5 fully saturated rings. The van der Waals surface area contributed by atoms with Crippen LogP contribution in [0.15, 0.2) is 79.0 Å². The summed E-state index contributed by atoms with van der Waals surface area (Å²) in [5, 5.41) is 11.1. The van der Waals surface area contributed by atoms with Crippen LogP contribution < -0.4 is 0 Å². The third kappa shape index (κ3) is 4.42. The van der Waals surface area contributed by atoms with E-state index in [4.69, 9.17) is 4.98 Å². The number of ketones is 1. The number of pyridine rings is 1. The quantitative estimate of drug-likeness (QED) is 0.173. The van der Waals surface area contributed by atoms with Gasteiger partial charge in [-0.05, 0) is 220 Å². The van der Waals surface area contributed by atoms with Crippen LogP contribution in [0.1, 0.15) is 186 Å². The number of benzene rings is 5. The molecule has 0 amide bonds. The topological polar surface area (TPSA) is 38.8 Å².